The summed E-state index contributed by atoms with van der Waals surface area (Å²) in [5, 5.41) is 0. The molecule has 0 amide bonds. The summed E-state index contributed by atoms with van der Waals surface area (Å²) in [6.07, 6.45) is 4.57. The third kappa shape index (κ3) is 3.64. The van der Waals surface area contributed by atoms with E-state index in [1.807, 2.05) is 0 Å². The van der Waals surface area contributed by atoms with Crippen LogP contribution in [0.4, 0.5) is 5.69 Å². The normalized spacial score (nSPS) is 19.6. The highest BCUT2D eigenvalue weighted by atomic mass is 32.2. The summed E-state index contributed by atoms with van der Waals surface area (Å²) in [6.45, 7) is 5.38. The van der Waals surface area contributed by atoms with Gasteiger partial charge in [0.2, 0.25) is 0 Å². The molecule has 0 saturated carbocycles. The number of anilines is 1. The summed E-state index contributed by atoms with van der Waals surface area (Å²) in [4.78, 5) is 14.0. The van der Waals surface area contributed by atoms with E-state index in [0.717, 1.165) is 25.9 Å². The Balaban J connectivity index is 2.48. The van der Waals surface area contributed by atoms with Crippen molar-refractivity contribution in [1.82, 2.24) is 0 Å². The summed E-state index contributed by atoms with van der Waals surface area (Å²) >= 11 is 0. The molecule has 0 aromatic heterocycles. The molecule has 1 aliphatic rings. The molecule has 5 heteroatoms. The topological polar surface area (TPSA) is 54.5 Å². The van der Waals surface area contributed by atoms with Gasteiger partial charge in [-0.2, -0.15) is 0 Å². The Morgan fingerprint density at radius 3 is 2.67 bits per heavy atom. The predicted octanol–water partition coefficient (Wildman–Crippen LogP) is 2.92. The first-order chi connectivity index (χ1) is 9.82. The standard InChI is InChI=1S/C16H23NO3S/c1-4-13-6-5-9-17(11-13)15-10-14(12(2)18)7-8-16(15)21(3,19)20/h7-8,10,13H,4-6,9,11H2,1-3H3/t13-/m1/s1. The van der Waals surface area contributed by atoms with Crippen LogP contribution >= 0.6 is 0 Å². The zero-order valence-electron chi connectivity index (χ0n) is 12.9. The quantitative estimate of drug-likeness (QED) is 0.803. The van der Waals surface area contributed by atoms with Gasteiger partial charge in [-0.1, -0.05) is 13.3 Å². The van der Waals surface area contributed by atoms with Crippen molar-refractivity contribution in [3.8, 4) is 0 Å². The van der Waals surface area contributed by atoms with Crippen LogP contribution in [0.25, 0.3) is 0 Å². The van der Waals surface area contributed by atoms with Crippen molar-refractivity contribution >= 4 is 21.3 Å². The van der Waals surface area contributed by atoms with Crippen LogP contribution in [0.2, 0.25) is 0 Å². The van der Waals surface area contributed by atoms with Crippen molar-refractivity contribution in [2.75, 3.05) is 24.2 Å². The van der Waals surface area contributed by atoms with Crippen LogP contribution in [0.1, 0.15) is 43.5 Å². The molecule has 0 spiro atoms. The minimum absolute atomic E-state index is 0.0413. The molecule has 0 radical (unpaired) electrons. The lowest BCUT2D eigenvalue weighted by molar-refractivity contribution is 0.101. The number of piperidine rings is 1. The zero-order valence-corrected chi connectivity index (χ0v) is 13.7. The van der Waals surface area contributed by atoms with E-state index in [4.69, 9.17) is 0 Å². The molecule has 1 atom stereocenters. The van der Waals surface area contributed by atoms with Crippen molar-refractivity contribution in [3.63, 3.8) is 0 Å². The molecule has 4 nitrogen and oxygen atoms in total. The fourth-order valence-corrected chi connectivity index (χ4v) is 3.80. The minimum atomic E-state index is -3.30. The molecule has 1 aromatic carbocycles. The van der Waals surface area contributed by atoms with Crippen molar-refractivity contribution in [1.29, 1.82) is 0 Å². The van der Waals surface area contributed by atoms with E-state index in [-0.39, 0.29) is 5.78 Å². The Bertz CT molecular complexity index is 637. The second-order valence-corrected chi connectivity index (χ2v) is 7.86. The number of sulfone groups is 1. The third-order valence-corrected chi connectivity index (χ3v) is 5.35. The molecule has 2 rings (SSSR count). The van der Waals surface area contributed by atoms with Crippen LogP contribution in [0.3, 0.4) is 0 Å². The fourth-order valence-electron chi connectivity index (χ4n) is 2.91. The number of ketones is 1. The van der Waals surface area contributed by atoms with Crippen molar-refractivity contribution in [2.45, 2.75) is 38.0 Å². The molecule has 21 heavy (non-hydrogen) atoms. The number of Topliss-reactive ketones (excluding diaryl/α,β-unsaturated/α-hetero) is 1. The average molecular weight is 309 g/mol. The van der Waals surface area contributed by atoms with E-state index in [9.17, 15) is 13.2 Å². The number of carbonyl (C=O) groups is 1. The molecule has 1 heterocycles. The first kappa shape index (κ1) is 16.0. The maximum Gasteiger partial charge on any atom is 0.177 e. The van der Waals surface area contributed by atoms with Crippen molar-refractivity contribution in [3.05, 3.63) is 23.8 Å². The van der Waals surface area contributed by atoms with Crippen LogP contribution in [-0.4, -0.2) is 33.5 Å². The highest BCUT2D eigenvalue weighted by Gasteiger charge is 2.24. The van der Waals surface area contributed by atoms with E-state index in [1.165, 1.54) is 19.6 Å². The van der Waals surface area contributed by atoms with Gasteiger partial charge in [0.1, 0.15) is 0 Å². The Kier molecular flexibility index (Phi) is 4.71. The largest absolute Gasteiger partial charge is 0.370 e. The monoisotopic (exact) mass is 309 g/mol. The Morgan fingerprint density at radius 2 is 2.10 bits per heavy atom. The number of hydrogen-bond donors (Lipinski definition) is 0. The van der Waals surface area contributed by atoms with Gasteiger partial charge in [0, 0.05) is 24.9 Å². The Hall–Kier alpha value is -1.36. The molecule has 0 unspecified atom stereocenters. The summed E-state index contributed by atoms with van der Waals surface area (Å²) in [5.41, 5.74) is 1.25. The van der Waals surface area contributed by atoms with Crippen molar-refractivity contribution in [2.24, 2.45) is 5.92 Å². The summed E-state index contributed by atoms with van der Waals surface area (Å²) < 4.78 is 24.0. The highest BCUT2D eigenvalue weighted by molar-refractivity contribution is 7.90. The molecular weight excluding hydrogens is 286 g/mol. The summed E-state index contributed by atoms with van der Waals surface area (Å²) in [7, 11) is -3.30. The predicted molar refractivity (Wildman–Crippen MR) is 84.8 cm³/mol. The Labute approximate surface area is 127 Å². The van der Waals surface area contributed by atoms with E-state index < -0.39 is 9.84 Å². The average Bonchev–Trinajstić information content (AvgIpc) is 2.45. The molecule has 1 fully saturated rings. The van der Waals surface area contributed by atoms with Gasteiger partial charge in [-0.3, -0.25) is 4.79 Å². The molecule has 1 saturated heterocycles. The third-order valence-electron chi connectivity index (χ3n) is 4.20. The van der Waals surface area contributed by atoms with Crippen LogP contribution in [-0.2, 0) is 9.84 Å². The van der Waals surface area contributed by atoms with E-state index in [2.05, 4.69) is 11.8 Å². The summed E-state index contributed by atoms with van der Waals surface area (Å²) in [6, 6.07) is 4.90. The van der Waals surface area contributed by atoms with Gasteiger partial charge >= 0.3 is 0 Å². The number of rotatable bonds is 4. The zero-order chi connectivity index (χ0) is 15.6. The number of carbonyl (C=O) groups excluding carboxylic acids is 1. The highest BCUT2D eigenvalue weighted by Crippen LogP contribution is 2.31. The van der Waals surface area contributed by atoms with Crippen LogP contribution < -0.4 is 4.90 Å². The second-order valence-electron chi connectivity index (χ2n) is 5.87. The maximum absolute atomic E-state index is 12.0. The number of hydrogen-bond acceptors (Lipinski definition) is 4. The van der Waals surface area contributed by atoms with Gasteiger partial charge in [-0.05, 0) is 43.9 Å². The van der Waals surface area contributed by atoms with E-state index >= 15 is 0 Å². The van der Waals surface area contributed by atoms with Gasteiger partial charge < -0.3 is 4.90 Å². The van der Waals surface area contributed by atoms with Crippen LogP contribution in [0, 0.1) is 5.92 Å². The van der Waals surface area contributed by atoms with Gasteiger partial charge in [0.05, 0.1) is 10.6 Å². The van der Waals surface area contributed by atoms with Crippen LogP contribution in [0.15, 0.2) is 23.1 Å². The maximum atomic E-state index is 12.0. The van der Waals surface area contributed by atoms with Gasteiger partial charge in [-0.25, -0.2) is 8.42 Å². The summed E-state index contributed by atoms with van der Waals surface area (Å²) in [5.74, 6) is 0.549. The minimum Gasteiger partial charge on any atom is -0.370 e. The second kappa shape index (κ2) is 6.18. The van der Waals surface area contributed by atoms with E-state index in [0.29, 0.717) is 22.1 Å². The Morgan fingerprint density at radius 1 is 1.38 bits per heavy atom. The SMILES string of the molecule is CC[C@@H]1CCCN(c2cc(C(C)=O)ccc2S(C)(=O)=O)C1. The number of benzene rings is 1. The van der Waals surface area contributed by atoms with Gasteiger partial charge in [0.25, 0.3) is 0 Å². The lowest BCUT2D eigenvalue weighted by atomic mass is 9.95. The molecular formula is C16H23NO3S. The van der Waals surface area contributed by atoms with Crippen molar-refractivity contribution < 1.29 is 13.2 Å². The molecule has 1 aromatic rings. The van der Waals surface area contributed by atoms with Crippen LogP contribution in [0.5, 0.6) is 0 Å². The van der Waals surface area contributed by atoms with Gasteiger partial charge in [-0.15, -0.1) is 0 Å². The molecule has 0 bridgehead atoms. The van der Waals surface area contributed by atoms with Gasteiger partial charge in [0.15, 0.2) is 15.6 Å². The number of nitrogens with zero attached hydrogens (tertiary/aromatic N) is 1. The smallest absolute Gasteiger partial charge is 0.177 e. The lowest BCUT2D eigenvalue weighted by Crippen LogP contribution is -2.36. The van der Waals surface area contributed by atoms with E-state index in [1.54, 1.807) is 18.2 Å². The lowest BCUT2D eigenvalue weighted by Gasteiger charge is -2.35. The molecule has 0 aliphatic carbocycles. The fraction of sp³-hybridized carbons (Fsp3) is 0.562. The molecule has 116 valence electrons. The molecule has 0 N–H and O–H groups in total. The first-order valence-corrected chi connectivity index (χ1v) is 9.32. The molecule has 1 aliphatic heterocycles. The first-order valence-electron chi connectivity index (χ1n) is 7.43.